The maximum atomic E-state index is 15.7. The molecule has 294 valence electrons. The van der Waals surface area contributed by atoms with Gasteiger partial charge in [0, 0.05) is 33.0 Å². The third kappa shape index (κ3) is 13.9. The van der Waals surface area contributed by atoms with Crippen LogP contribution in [0, 0.1) is 5.41 Å². The predicted molar refractivity (Wildman–Crippen MR) is 164 cm³/mol. The molecule has 0 heterocycles. The molecule has 49 heavy (non-hydrogen) atoms. The zero-order valence-corrected chi connectivity index (χ0v) is 28.8. The molecule has 0 saturated heterocycles. The first-order valence-electron chi connectivity index (χ1n) is 16.1. The summed E-state index contributed by atoms with van der Waals surface area (Å²) < 4.78 is 156. The Kier molecular flexibility index (Phi) is 20.5. The van der Waals surface area contributed by atoms with Crippen molar-refractivity contribution in [2.75, 3.05) is 85.6 Å². The van der Waals surface area contributed by atoms with Crippen molar-refractivity contribution in [2.45, 2.75) is 94.8 Å². The Morgan fingerprint density at radius 3 is 1.33 bits per heavy atom. The summed E-state index contributed by atoms with van der Waals surface area (Å²) in [7, 11) is 0. The van der Waals surface area contributed by atoms with Gasteiger partial charge in [0.15, 0.2) is 5.67 Å². The van der Waals surface area contributed by atoms with Crippen LogP contribution in [0.3, 0.4) is 0 Å². The smallest absolute Gasteiger partial charge is 0.381 e. The molecular weight excluding hydrogens is 683 g/mol. The first-order chi connectivity index (χ1) is 22.6. The molecule has 0 spiro atoms. The van der Waals surface area contributed by atoms with Crippen molar-refractivity contribution in [3.8, 4) is 0 Å². The minimum Gasteiger partial charge on any atom is -0.381 e. The SMILES string of the molecule is CCC(C)(F)C(F)(COC(C)(C)C(F)(C(=O)NCCCOCC(COCCCN)(COCCCN)COCCCN)C(F)(F)F)C(F)(F)F. The molecule has 0 aromatic heterocycles. The van der Waals surface area contributed by atoms with E-state index >= 15 is 8.78 Å². The molecule has 0 aliphatic heterocycles. The average Bonchev–Trinajstić information content (AvgIpc) is 3.02. The Morgan fingerprint density at radius 1 is 0.612 bits per heavy atom. The molecule has 0 aromatic carbocycles. The van der Waals surface area contributed by atoms with Gasteiger partial charge in [-0.15, -0.1) is 0 Å². The number of alkyl halides is 9. The van der Waals surface area contributed by atoms with Gasteiger partial charge in [0.25, 0.3) is 11.6 Å². The second-order valence-electron chi connectivity index (χ2n) is 12.6. The molecule has 3 atom stereocenters. The number of ether oxygens (including phenoxy) is 5. The van der Waals surface area contributed by atoms with Crippen molar-refractivity contribution in [2.24, 2.45) is 22.6 Å². The number of nitrogens with two attached hydrogens (primary N) is 3. The molecule has 1 amide bonds. The lowest BCUT2D eigenvalue weighted by atomic mass is 9.83. The van der Waals surface area contributed by atoms with Crippen molar-refractivity contribution in [1.29, 1.82) is 0 Å². The number of rotatable bonds is 28. The number of carbonyl (C=O) groups is 1. The summed E-state index contributed by atoms with van der Waals surface area (Å²) in [6.07, 6.45) is -11.4. The third-order valence-electron chi connectivity index (χ3n) is 7.97. The van der Waals surface area contributed by atoms with Crippen LogP contribution in [0.2, 0.25) is 0 Å². The Balaban J connectivity index is 5.64. The Hall–Kier alpha value is -1.48. The van der Waals surface area contributed by atoms with E-state index < -0.39 is 65.9 Å². The lowest BCUT2D eigenvalue weighted by Crippen LogP contribution is -2.68. The zero-order valence-electron chi connectivity index (χ0n) is 28.8. The second kappa shape index (κ2) is 21.1. The van der Waals surface area contributed by atoms with Crippen molar-refractivity contribution in [1.82, 2.24) is 5.32 Å². The first kappa shape index (κ1) is 47.5. The van der Waals surface area contributed by atoms with Crippen LogP contribution in [-0.2, 0) is 28.5 Å². The van der Waals surface area contributed by atoms with Crippen molar-refractivity contribution >= 4 is 5.91 Å². The number of carbonyl (C=O) groups excluding carboxylic acids is 1. The van der Waals surface area contributed by atoms with Gasteiger partial charge in [0.05, 0.1) is 38.4 Å². The van der Waals surface area contributed by atoms with Crippen LogP contribution in [0.15, 0.2) is 0 Å². The summed E-state index contributed by atoms with van der Waals surface area (Å²) in [6, 6.07) is 0. The standard InChI is InChI=1S/C30H55F9N4O6/c1-5-25(4,31)27(32,29(34,35)36)22-49-24(2,3)28(33,30(37,38)39)23(44)43-13-9-17-48-21-26(18-45-14-6-10-40,19-46-15-7-11-41)20-47-16-8-12-42/h5-22,40-42H2,1-4H3,(H,43,44). The number of nitrogens with one attached hydrogen (secondary N) is 1. The molecule has 0 radical (unpaired) electrons. The van der Waals surface area contributed by atoms with E-state index in [2.05, 4.69) is 4.74 Å². The van der Waals surface area contributed by atoms with Crippen LogP contribution in [0.4, 0.5) is 39.5 Å². The van der Waals surface area contributed by atoms with Gasteiger partial charge in [-0.05, 0) is 72.5 Å². The van der Waals surface area contributed by atoms with Gasteiger partial charge in [-0.25, -0.2) is 13.2 Å². The van der Waals surface area contributed by atoms with Crippen LogP contribution < -0.4 is 22.5 Å². The molecule has 0 aromatic rings. The van der Waals surface area contributed by atoms with E-state index in [1.54, 1.807) is 5.32 Å². The first-order valence-corrected chi connectivity index (χ1v) is 16.1. The molecule has 0 saturated carbocycles. The van der Waals surface area contributed by atoms with E-state index in [1.165, 1.54) is 0 Å². The molecule has 19 heteroatoms. The van der Waals surface area contributed by atoms with E-state index in [9.17, 15) is 35.5 Å². The van der Waals surface area contributed by atoms with Gasteiger partial charge in [-0.3, -0.25) is 4.79 Å². The van der Waals surface area contributed by atoms with Gasteiger partial charge in [0.1, 0.15) is 5.60 Å². The molecule has 10 nitrogen and oxygen atoms in total. The number of hydrogen-bond acceptors (Lipinski definition) is 9. The Labute approximate surface area is 282 Å². The maximum Gasteiger partial charge on any atom is 0.434 e. The highest BCUT2D eigenvalue weighted by Crippen LogP contribution is 2.49. The summed E-state index contributed by atoms with van der Waals surface area (Å²) in [6.45, 7) is 1.31. The van der Waals surface area contributed by atoms with Gasteiger partial charge in [0.2, 0.25) is 0 Å². The topological polar surface area (TPSA) is 153 Å². The third-order valence-corrected chi connectivity index (χ3v) is 7.97. The summed E-state index contributed by atoms with van der Waals surface area (Å²) in [5, 5.41) is 1.75. The van der Waals surface area contributed by atoms with Crippen molar-refractivity contribution < 1.29 is 68.0 Å². The summed E-state index contributed by atoms with van der Waals surface area (Å²) in [5.74, 6) is -2.30. The normalized spacial score (nSPS) is 17.0. The summed E-state index contributed by atoms with van der Waals surface area (Å²) in [4.78, 5) is 12.6. The molecule has 0 aliphatic rings. The van der Waals surface area contributed by atoms with E-state index in [4.69, 9.17) is 36.1 Å². The number of halogens is 9. The number of amides is 1. The summed E-state index contributed by atoms with van der Waals surface area (Å²) in [5.41, 5.74) is -1.12. The van der Waals surface area contributed by atoms with Crippen LogP contribution in [0.25, 0.3) is 0 Å². The van der Waals surface area contributed by atoms with E-state index in [1.807, 2.05) is 0 Å². The second-order valence-corrected chi connectivity index (χ2v) is 12.6. The van der Waals surface area contributed by atoms with E-state index in [-0.39, 0.29) is 46.4 Å². The average molecular weight is 739 g/mol. The van der Waals surface area contributed by atoms with Crippen LogP contribution >= 0.6 is 0 Å². The minimum absolute atomic E-state index is 0.0132. The predicted octanol–water partition coefficient (Wildman–Crippen LogP) is 4.07. The molecular formula is C30H55F9N4O6. The molecule has 0 rings (SSSR count). The maximum absolute atomic E-state index is 15.7. The van der Waals surface area contributed by atoms with Crippen LogP contribution in [0.1, 0.15) is 59.8 Å². The fraction of sp³-hybridized carbons (Fsp3) is 0.967. The monoisotopic (exact) mass is 738 g/mol. The van der Waals surface area contributed by atoms with Crippen LogP contribution in [0.5, 0.6) is 0 Å². The lowest BCUT2D eigenvalue weighted by molar-refractivity contribution is -0.315. The molecule has 0 aliphatic carbocycles. The van der Waals surface area contributed by atoms with Crippen molar-refractivity contribution in [3.05, 3.63) is 0 Å². The Morgan fingerprint density at radius 2 is 1.00 bits per heavy atom. The number of hydrogen-bond donors (Lipinski definition) is 4. The zero-order chi connectivity index (χ0) is 38.0. The Bertz CT molecular complexity index is 900. The van der Waals surface area contributed by atoms with Gasteiger partial charge >= 0.3 is 18.0 Å². The van der Waals surface area contributed by atoms with Crippen LogP contribution in [-0.4, -0.2) is 127 Å². The minimum atomic E-state index is -6.03. The highest BCUT2D eigenvalue weighted by molar-refractivity contribution is 5.87. The molecule has 7 N–H and O–H groups in total. The quantitative estimate of drug-likeness (QED) is 0.0688. The van der Waals surface area contributed by atoms with Gasteiger partial charge in [-0.2, -0.15) is 26.3 Å². The van der Waals surface area contributed by atoms with E-state index in [0.29, 0.717) is 72.6 Å². The summed E-state index contributed by atoms with van der Waals surface area (Å²) >= 11 is 0. The fourth-order valence-electron chi connectivity index (χ4n) is 4.39. The van der Waals surface area contributed by atoms with E-state index in [0.717, 1.165) is 6.92 Å². The highest BCUT2D eigenvalue weighted by Gasteiger charge is 2.73. The molecule has 0 bridgehead atoms. The highest BCUT2D eigenvalue weighted by atomic mass is 19.4. The molecule has 0 fully saturated rings. The largest absolute Gasteiger partial charge is 0.434 e. The molecule has 3 unspecified atom stereocenters. The van der Waals surface area contributed by atoms with Crippen molar-refractivity contribution in [3.63, 3.8) is 0 Å². The fourth-order valence-corrected chi connectivity index (χ4v) is 4.39. The lowest BCUT2D eigenvalue weighted by Gasteiger charge is -2.43. The van der Waals surface area contributed by atoms with Gasteiger partial charge in [-0.1, -0.05) is 6.92 Å². The van der Waals surface area contributed by atoms with Gasteiger partial charge < -0.3 is 46.2 Å².